The lowest BCUT2D eigenvalue weighted by Crippen LogP contribution is -2.68. The Morgan fingerprint density at radius 2 is 0.720 bits per heavy atom. The highest BCUT2D eigenvalue weighted by atomic mass is 16.8. The Morgan fingerprint density at radius 3 is 1.11 bits per heavy atom. The standard InChI is InChI=1S/C64H68O11/c1-3-64(73-47-55-57(67-40-49-27-13-5-14-28-49)59(69-42-51-31-17-7-18-32-51)61(63(65-2)74-55)71-44-53-35-21-9-22-36-53)62(72-45-54-37-23-10-24-38-54)60(70-43-52-33-19-8-20-34-52)58(68-41-50-29-15-6-16-30-50)56(75-64)46-66-39-48-25-11-4-12-26-48/h3-38,55-63H,1,39-47H2,2H3/t55?,56?,57-,58-,59-,60+,61?,62?,63-,64-/m0/s1. The van der Waals surface area contributed by atoms with Gasteiger partial charge in [0.05, 0.1) is 59.5 Å². The molecule has 75 heavy (non-hydrogen) atoms. The maximum Gasteiger partial charge on any atom is 0.217 e. The van der Waals surface area contributed by atoms with Crippen molar-refractivity contribution in [3.63, 3.8) is 0 Å². The lowest BCUT2D eigenvalue weighted by atomic mass is 9.91. The van der Waals surface area contributed by atoms with Crippen LogP contribution in [0.25, 0.3) is 0 Å². The first-order valence-electron chi connectivity index (χ1n) is 25.8. The van der Waals surface area contributed by atoms with E-state index >= 15 is 0 Å². The third-order valence-corrected chi connectivity index (χ3v) is 13.4. The van der Waals surface area contributed by atoms with Crippen molar-refractivity contribution in [2.45, 2.75) is 107 Å². The molecule has 2 heterocycles. The summed E-state index contributed by atoms with van der Waals surface area (Å²) in [6, 6.07) is 70.2. The SMILES string of the molecule is C=C[C@]1(OCC2O[C@H](OC)C(OCc3ccccc3)[C@@H](OCc3ccccc3)[C@H]2OCc2ccccc2)OC(COCc2ccccc2)[C@H](OCc2ccccc2)[C@@H](OCc2ccccc2)C1OCc1ccccc1. The third kappa shape index (κ3) is 15.0. The van der Waals surface area contributed by atoms with Crippen molar-refractivity contribution in [3.8, 4) is 0 Å². The van der Waals surface area contributed by atoms with Crippen LogP contribution < -0.4 is 0 Å². The largest absolute Gasteiger partial charge is 0.374 e. The van der Waals surface area contributed by atoms with E-state index < -0.39 is 60.9 Å². The number of hydrogen-bond donors (Lipinski definition) is 0. The summed E-state index contributed by atoms with van der Waals surface area (Å²) in [5.74, 6) is -1.68. The van der Waals surface area contributed by atoms with Crippen molar-refractivity contribution in [1.29, 1.82) is 0 Å². The number of benzene rings is 7. The zero-order chi connectivity index (χ0) is 51.3. The van der Waals surface area contributed by atoms with Gasteiger partial charge in [-0.3, -0.25) is 0 Å². The van der Waals surface area contributed by atoms with E-state index in [0.29, 0.717) is 6.61 Å². The summed E-state index contributed by atoms with van der Waals surface area (Å²) in [5.41, 5.74) is 6.87. The molecule has 10 atom stereocenters. The van der Waals surface area contributed by atoms with E-state index in [1.165, 1.54) is 0 Å². The van der Waals surface area contributed by atoms with Gasteiger partial charge in [0.2, 0.25) is 5.79 Å². The van der Waals surface area contributed by atoms with Crippen LogP contribution in [0.3, 0.4) is 0 Å². The summed E-state index contributed by atoms with van der Waals surface area (Å²) in [7, 11) is 1.61. The van der Waals surface area contributed by atoms with E-state index in [9.17, 15) is 0 Å². The average molecular weight is 1010 g/mol. The molecule has 7 aromatic rings. The van der Waals surface area contributed by atoms with Crippen LogP contribution >= 0.6 is 0 Å². The Bertz CT molecular complexity index is 2670. The normalized spacial score (nSPS) is 24.6. The topological polar surface area (TPSA) is 102 Å². The number of hydrogen-bond acceptors (Lipinski definition) is 11. The van der Waals surface area contributed by atoms with E-state index in [0.717, 1.165) is 38.9 Å². The van der Waals surface area contributed by atoms with Crippen LogP contribution in [-0.4, -0.2) is 81.2 Å². The summed E-state index contributed by atoms with van der Waals surface area (Å²) in [5, 5.41) is 0. The molecule has 2 aliphatic heterocycles. The van der Waals surface area contributed by atoms with Crippen LogP contribution in [0.15, 0.2) is 225 Å². The molecule has 11 heteroatoms. The van der Waals surface area contributed by atoms with Gasteiger partial charge in [0.1, 0.15) is 48.8 Å². The lowest BCUT2D eigenvalue weighted by Gasteiger charge is -2.52. The van der Waals surface area contributed by atoms with Crippen LogP contribution in [-0.2, 0) is 98.4 Å². The van der Waals surface area contributed by atoms with Crippen molar-refractivity contribution in [1.82, 2.24) is 0 Å². The maximum absolute atomic E-state index is 7.32. The summed E-state index contributed by atoms with van der Waals surface area (Å²) >= 11 is 0. The van der Waals surface area contributed by atoms with Gasteiger partial charge in [-0.25, -0.2) is 0 Å². The summed E-state index contributed by atoms with van der Waals surface area (Å²) in [6.45, 7) is 6.31. The molecule has 0 bridgehead atoms. The number of methoxy groups -OCH3 is 1. The molecule has 0 aromatic heterocycles. The van der Waals surface area contributed by atoms with Gasteiger partial charge < -0.3 is 52.1 Å². The predicted molar refractivity (Wildman–Crippen MR) is 286 cm³/mol. The maximum atomic E-state index is 7.32. The Hall–Kier alpha value is -6.16. The predicted octanol–water partition coefficient (Wildman–Crippen LogP) is 11.4. The van der Waals surface area contributed by atoms with Gasteiger partial charge in [0, 0.05) is 7.11 Å². The van der Waals surface area contributed by atoms with Crippen LogP contribution in [0.2, 0.25) is 0 Å². The highest BCUT2D eigenvalue weighted by Gasteiger charge is 2.58. The van der Waals surface area contributed by atoms with Gasteiger partial charge in [0.15, 0.2) is 6.29 Å². The fourth-order valence-electron chi connectivity index (χ4n) is 9.49. The summed E-state index contributed by atoms with van der Waals surface area (Å²) in [4.78, 5) is 0. The Morgan fingerprint density at radius 1 is 0.387 bits per heavy atom. The highest BCUT2D eigenvalue weighted by Crippen LogP contribution is 2.40. The zero-order valence-electron chi connectivity index (χ0n) is 42.5. The Labute approximate surface area is 441 Å². The quantitative estimate of drug-likeness (QED) is 0.0460. The van der Waals surface area contributed by atoms with Crippen LogP contribution in [0.4, 0.5) is 0 Å². The molecule has 7 aromatic carbocycles. The van der Waals surface area contributed by atoms with Crippen molar-refractivity contribution in [2.24, 2.45) is 0 Å². The molecule has 390 valence electrons. The molecule has 2 saturated heterocycles. The van der Waals surface area contributed by atoms with E-state index in [-0.39, 0.29) is 52.9 Å². The molecule has 0 spiro atoms. The minimum atomic E-state index is -1.68. The van der Waals surface area contributed by atoms with E-state index in [1.54, 1.807) is 13.2 Å². The fourth-order valence-corrected chi connectivity index (χ4v) is 9.49. The molecular formula is C64H68O11. The van der Waals surface area contributed by atoms with Gasteiger partial charge in [-0.1, -0.05) is 219 Å². The molecule has 9 rings (SSSR count). The second-order valence-corrected chi connectivity index (χ2v) is 18.7. The van der Waals surface area contributed by atoms with Gasteiger partial charge in [-0.15, -0.1) is 0 Å². The first-order valence-corrected chi connectivity index (χ1v) is 25.8. The molecule has 0 aliphatic carbocycles. The molecule has 0 radical (unpaired) electrons. The second kappa shape index (κ2) is 28.1. The highest BCUT2D eigenvalue weighted by molar-refractivity contribution is 5.20. The fraction of sp³-hybridized carbons (Fsp3) is 0.312. The molecule has 0 amide bonds. The van der Waals surface area contributed by atoms with Crippen molar-refractivity contribution in [3.05, 3.63) is 264 Å². The Balaban J connectivity index is 1.09. The average Bonchev–Trinajstić information content (AvgIpc) is 3.47. The molecular weight excluding hydrogens is 945 g/mol. The number of rotatable bonds is 27. The lowest BCUT2D eigenvalue weighted by molar-refractivity contribution is -0.377. The van der Waals surface area contributed by atoms with Crippen LogP contribution in [0, 0.1) is 0 Å². The van der Waals surface area contributed by atoms with E-state index in [1.807, 2.05) is 212 Å². The first kappa shape index (κ1) is 53.7. The minimum absolute atomic E-state index is 0.0916. The van der Waals surface area contributed by atoms with E-state index in [4.69, 9.17) is 52.1 Å². The summed E-state index contributed by atoms with van der Waals surface area (Å²) in [6.07, 6.45) is -5.46. The second-order valence-electron chi connectivity index (χ2n) is 18.7. The number of ether oxygens (including phenoxy) is 11. The van der Waals surface area contributed by atoms with Gasteiger partial charge in [-0.2, -0.15) is 0 Å². The molecule has 2 fully saturated rings. The monoisotopic (exact) mass is 1010 g/mol. The molecule has 0 saturated carbocycles. The molecule has 4 unspecified atom stereocenters. The van der Waals surface area contributed by atoms with Crippen LogP contribution in [0.1, 0.15) is 38.9 Å². The molecule has 0 N–H and O–H groups in total. The third-order valence-electron chi connectivity index (χ3n) is 13.4. The van der Waals surface area contributed by atoms with Gasteiger partial charge >= 0.3 is 0 Å². The van der Waals surface area contributed by atoms with Crippen molar-refractivity contribution in [2.75, 3.05) is 20.3 Å². The minimum Gasteiger partial charge on any atom is -0.374 e. The zero-order valence-corrected chi connectivity index (χ0v) is 42.5. The summed E-state index contributed by atoms with van der Waals surface area (Å²) < 4.78 is 76.1. The van der Waals surface area contributed by atoms with Crippen molar-refractivity contribution < 1.29 is 52.1 Å². The van der Waals surface area contributed by atoms with E-state index in [2.05, 4.69) is 6.58 Å². The molecule has 2 aliphatic rings. The first-order chi connectivity index (χ1) is 37.1. The van der Waals surface area contributed by atoms with Gasteiger partial charge in [0.25, 0.3) is 0 Å². The molecule has 11 nitrogen and oxygen atoms in total. The van der Waals surface area contributed by atoms with Crippen LogP contribution in [0.5, 0.6) is 0 Å². The van der Waals surface area contributed by atoms with Crippen molar-refractivity contribution >= 4 is 0 Å². The van der Waals surface area contributed by atoms with Gasteiger partial charge in [-0.05, 0) is 45.0 Å². The Kier molecular flexibility index (Phi) is 20.1. The smallest absolute Gasteiger partial charge is 0.217 e.